The summed E-state index contributed by atoms with van der Waals surface area (Å²) in [5, 5.41) is 4.75. The summed E-state index contributed by atoms with van der Waals surface area (Å²) < 4.78 is 20.4. The summed E-state index contributed by atoms with van der Waals surface area (Å²) in [7, 11) is 4.56. The Morgan fingerprint density at radius 2 is 1.96 bits per heavy atom. The van der Waals surface area contributed by atoms with Crippen LogP contribution in [0, 0.1) is 5.82 Å². The molecule has 2 aromatic rings. The lowest BCUT2D eigenvalue weighted by Crippen LogP contribution is -2.56. The van der Waals surface area contributed by atoms with Crippen molar-refractivity contribution >= 4 is 23.1 Å². The zero-order valence-corrected chi connectivity index (χ0v) is 15.9. The zero-order chi connectivity index (χ0) is 18.3. The van der Waals surface area contributed by atoms with Crippen LogP contribution in [-0.4, -0.2) is 42.9 Å². The molecule has 3 heterocycles. The van der Waals surface area contributed by atoms with Crippen LogP contribution in [0.4, 0.5) is 14.9 Å². The van der Waals surface area contributed by atoms with Gasteiger partial charge in [0.15, 0.2) is 0 Å². The molecule has 1 N–H and O–H groups in total. The number of anilines is 1. The summed E-state index contributed by atoms with van der Waals surface area (Å²) in [6.07, 6.45) is 3.76. The second-order valence-corrected chi connectivity index (χ2v) is 8.75. The van der Waals surface area contributed by atoms with E-state index in [1.807, 2.05) is 17.5 Å². The molecular weight excluding hydrogens is 351 g/mol. The summed E-state index contributed by atoms with van der Waals surface area (Å²) in [4.78, 5) is 13.4. The maximum atomic E-state index is 13.7. The van der Waals surface area contributed by atoms with Gasteiger partial charge in [-0.05, 0) is 29.6 Å². The second kappa shape index (κ2) is 6.67. The van der Waals surface area contributed by atoms with E-state index >= 15 is 0 Å². The first kappa shape index (κ1) is 17.5. The molecule has 26 heavy (non-hydrogen) atoms. The van der Waals surface area contributed by atoms with Gasteiger partial charge in [-0.3, -0.25) is 5.32 Å². The second-order valence-electron chi connectivity index (χ2n) is 7.81. The number of ether oxygens (including phenoxy) is 1. The Hall–Kier alpha value is -1.92. The van der Waals surface area contributed by atoms with Crippen LogP contribution in [0.2, 0.25) is 0 Å². The Morgan fingerprint density at radius 1 is 1.23 bits per heavy atom. The Balaban J connectivity index is 1.45. The molecule has 2 fully saturated rings. The quantitative estimate of drug-likeness (QED) is 0.777. The average molecular weight is 375 g/mol. The fourth-order valence-corrected chi connectivity index (χ4v) is 5.24. The molecule has 2 aliphatic heterocycles. The lowest BCUT2D eigenvalue weighted by Gasteiger charge is -2.43. The number of benzene rings is 1. The molecule has 2 atom stereocenters. The fraction of sp³-hybridized carbons (Fsp3) is 0.450. The Labute approximate surface area is 157 Å². The molecule has 1 aromatic carbocycles. The first-order valence-electron chi connectivity index (χ1n) is 9.08. The number of carbonyl (C=O) groups excluding carboxylic acids is 1. The molecule has 1 amide bonds. The van der Waals surface area contributed by atoms with Gasteiger partial charge >= 0.3 is 6.09 Å². The van der Waals surface area contributed by atoms with Gasteiger partial charge in [0.1, 0.15) is 11.9 Å². The van der Waals surface area contributed by atoms with Crippen LogP contribution < -0.4 is 5.32 Å². The number of nitrogens with zero attached hydrogens (tertiary/aromatic N) is 1. The molecule has 4 nitrogen and oxygen atoms in total. The molecule has 1 aromatic heterocycles. The van der Waals surface area contributed by atoms with Crippen molar-refractivity contribution in [1.29, 1.82) is 0 Å². The monoisotopic (exact) mass is 375 g/mol. The highest BCUT2D eigenvalue weighted by atomic mass is 32.1. The summed E-state index contributed by atoms with van der Waals surface area (Å²) in [6.45, 7) is 0. The van der Waals surface area contributed by atoms with E-state index in [-0.39, 0.29) is 11.9 Å². The van der Waals surface area contributed by atoms with Crippen LogP contribution in [0.25, 0.3) is 10.4 Å². The van der Waals surface area contributed by atoms with Crippen LogP contribution >= 0.6 is 11.3 Å². The van der Waals surface area contributed by atoms with E-state index in [4.69, 9.17) is 4.74 Å². The minimum atomic E-state index is -0.453. The largest absolute Gasteiger partial charge is 0.445 e. The van der Waals surface area contributed by atoms with Crippen molar-refractivity contribution in [3.63, 3.8) is 0 Å². The molecule has 0 radical (unpaired) electrons. The van der Waals surface area contributed by atoms with E-state index in [9.17, 15) is 9.18 Å². The van der Waals surface area contributed by atoms with Crippen molar-refractivity contribution in [3.8, 4) is 10.4 Å². The molecule has 6 heteroatoms. The topological polar surface area (TPSA) is 38.3 Å². The van der Waals surface area contributed by atoms with Gasteiger partial charge in [-0.2, -0.15) is 0 Å². The molecule has 0 saturated carbocycles. The lowest BCUT2D eigenvalue weighted by molar-refractivity contribution is -0.931. The van der Waals surface area contributed by atoms with Crippen LogP contribution in [0.5, 0.6) is 0 Å². The fourth-order valence-electron chi connectivity index (χ4n) is 4.48. The smallest absolute Gasteiger partial charge is 0.411 e. The number of quaternary nitrogens is 1. The van der Waals surface area contributed by atoms with E-state index in [0.717, 1.165) is 22.2 Å². The van der Waals surface area contributed by atoms with Crippen molar-refractivity contribution in [3.05, 3.63) is 41.5 Å². The summed E-state index contributed by atoms with van der Waals surface area (Å²) in [5.41, 5.74) is 1.26. The number of carbonyl (C=O) groups is 1. The van der Waals surface area contributed by atoms with Crippen molar-refractivity contribution in [1.82, 2.24) is 0 Å². The number of hydrogen-bond donors (Lipinski definition) is 1. The number of nitrogens with one attached hydrogen (secondary N) is 1. The van der Waals surface area contributed by atoms with Gasteiger partial charge < -0.3 is 9.22 Å². The minimum Gasteiger partial charge on any atom is -0.445 e. The predicted molar refractivity (Wildman–Crippen MR) is 102 cm³/mol. The highest BCUT2D eigenvalue weighted by Crippen LogP contribution is 2.40. The number of piperidine rings is 1. The van der Waals surface area contributed by atoms with E-state index in [0.29, 0.717) is 23.3 Å². The Morgan fingerprint density at radius 3 is 2.62 bits per heavy atom. The number of thiophene rings is 1. The predicted octanol–water partition coefficient (Wildman–Crippen LogP) is 4.87. The zero-order valence-electron chi connectivity index (χ0n) is 15.1. The van der Waals surface area contributed by atoms with Crippen LogP contribution in [0.3, 0.4) is 0 Å². The molecule has 2 saturated heterocycles. The third-order valence-corrected chi connectivity index (χ3v) is 6.97. The van der Waals surface area contributed by atoms with E-state index < -0.39 is 6.09 Å². The molecule has 2 aliphatic rings. The summed E-state index contributed by atoms with van der Waals surface area (Å²) >= 11 is 1.51. The first-order chi connectivity index (χ1) is 12.4. The molecule has 0 aliphatic carbocycles. The first-order valence-corrected chi connectivity index (χ1v) is 9.96. The van der Waals surface area contributed by atoms with Crippen molar-refractivity contribution in [2.75, 3.05) is 19.4 Å². The number of fused-ring (bicyclic) bond motifs is 2. The van der Waals surface area contributed by atoms with Gasteiger partial charge in [-0.1, -0.05) is 6.07 Å². The van der Waals surface area contributed by atoms with Gasteiger partial charge in [0.25, 0.3) is 0 Å². The van der Waals surface area contributed by atoms with Crippen LogP contribution in [0.15, 0.2) is 35.7 Å². The van der Waals surface area contributed by atoms with E-state index in [2.05, 4.69) is 19.4 Å². The average Bonchev–Trinajstić information content (AvgIpc) is 3.13. The number of amides is 1. The van der Waals surface area contributed by atoms with E-state index in [1.54, 1.807) is 6.07 Å². The highest BCUT2D eigenvalue weighted by Gasteiger charge is 2.49. The third-order valence-electron chi connectivity index (χ3n) is 6.06. The standard InChI is InChI=1S/C20H23FN2O2S/c1-23(2)14-6-7-15(23)12-16(11-14)25-20(24)22-18-8-5-13(21)10-17(18)19-4-3-9-26-19/h3-5,8-10,14-16H,6-7,11-12H2,1-2H3/p+1. The normalized spacial score (nSPS) is 26.5. The molecule has 0 spiro atoms. The highest BCUT2D eigenvalue weighted by molar-refractivity contribution is 7.13. The molecule has 4 rings (SSSR count). The third kappa shape index (κ3) is 3.23. The van der Waals surface area contributed by atoms with E-state index in [1.165, 1.54) is 36.3 Å². The number of halogens is 1. The van der Waals surface area contributed by atoms with Crippen LogP contribution in [-0.2, 0) is 4.74 Å². The SMILES string of the molecule is C[N+]1(C)C2CCC1CC(OC(=O)Nc1ccc(F)cc1-c1cccs1)C2. The lowest BCUT2D eigenvalue weighted by atomic mass is 9.98. The van der Waals surface area contributed by atoms with Gasteiger partial charge in [-0.15, -0.1) is 11.3 Å². The molecule has 2 unspecified atom stereocenters. The molecular formula is C20H24FN2O2S+. The van der Waals surface area contributed by atoms with Crippen molar-refractivity contribution in [2.24, 2.45) is 0 Å². The summed E-state index contributed by atoms with van der Waals surface area (Å²) in [6, 6.07) is 9.35. The summed E-state index contributed by atoms with van der Waals surface area (Å²) in [5.74, 6) is -0.323. The number of hydrogen-bond acceptors (Lipinski definition) is 3. The van der Waals surface area contributed by atoms with Gasteiger partial charge in [-0.25, -0.2) is 9.18 Å². The maximum Gasteiger partial charge on any atom is 0.411 e. The van der Waals surface area contributed by atoms with Gasteiger partial charge in [0, 0.05) is 36.1 Å². The molecule has 2 bridgehead atoms. The van der Waals surface area contributed by atoms with Gasteiger partial charge in [0.05, 0.1) is 31.9 Å². The van der Waals surface area contributed by atoms with Gasteiger partial charge in [0.2, 0.25) is 0 Å². The maximum absolute atomic E-state index is 13.7. The Kier molecular flexibility index (Phi) is 4.49. The van der Waals surface area contributed by atoms with Crippen molar-refractivity contribution < 1.29 is 18.4 Å². The van der Waals surface area contributed by atoms with Crippen molar-refractivity contribution in [2.45, 2.75) is 43.9 Å². The minimum absolute atomic E-state index is 0.0377. The van der Waals surface area contributed by atoms with Crippen LogP contribution in [0.1, 0.15) is 25.7 Å². The molecule has 138 valence electrons. The Bertz CT molecular complexity index is 790. The number of rotatable bonds is 3.